The normalized spacial score (nSPS) is 11.9. The minimum Gasteiger partial charge on any atom is -0.309 e. The number of nitrogens with zero attached hydrogens (tertiary/aromatic N) is 3. The predicted octanol–water partition coefficient (Wildman–Crippen LogP) is 14.3. The summed E-state index contributed by atoms with van der Waals surface area (Å²) in [6, 6.07) is 77.6. The molecule has 12 aromatic rings. The Morgan fingerprint density at radius 2 is 0.719 bits per heavy atom. The van der Waals surface area contributed by atoms with E-state index >= 15 is 0 Å². The van der Waals surface area contributed by atoms with Crippen LogP contribution in [0.15, 0.2) is 212 Å². The molecule has 57 heavy (non-hydrogen) atoms. The zero-order valence-electron chi connectivity index (χ0n) is 31.0. The van der Waals surface area contributed by atoms with Crippen molar-refractivity contribution in [3.63, 3.8) is 0 Å². The van der Waals surface area contributed by atoms with Gasteiger partial charge in [0.25, 0.3) is 0 Å². The van der Waals surface area contributed by atoms with Crippen LogP contribution in [0.2, 0.25) is 0 Å². The Bertz CT molecular complexity index is 3400. The van der Waals surface area contributed by atoms with Crippen molar-refractivity contribution in [3.8, 4) is 39.3 Å². The van der Waals surface area contributed by atoms with Crippen LogP contribution in [0.3, 0.4) is 0 Å². The summed E-state index contributed by atoms with van der Waals surface area (Å²) in [6.07, 6.45) is 0. The molecule has 3 aromatic heterocycles. The Morgan fingerprint density at radius 1 is 0.246 bits per heavy atom. The lowest BCUT2D eigenvalue weighted by Crippen LogP contribution is -2.04. The molecule has 0 saturated heterocycles. The summed E-state index contributed by atoms with van der Waals surface area (Å²) in [4.78, 5) is 0. The number of hydrogen-bond acceptors (Lipinski definition) is 0. The lowest BCUT2D eigenvalue weighted by Gasteiger charge is -2.19. The third-order valence-corrected chi connectivity index (χ3v) is 11.8. The fraction of sp³-hybridized carbons (Fsp3) is 0. The molecule has 0 aliphatic rings. The van der Waals surface area contributed by atoms with Crippen molar-refractivity contribution in [2.45, 2.75) is 0 Å². The van der Waals surface area contributed by atoms with E-state index in [4.69, 9.17) is 0 Å². The van der Waals surface area contributed by atoms with Crippen molar-refractivity contribution in [3.05, 3.63) is 212 Å². The van der Waals surface area contributed by atoms with Gasteiger partial charge in [0.1, 0.15) is 0 Å². The van der Waals surface area contributed by atoms with Crippen molar-refractivity contribution in [2.24, 2.45) is 0 Å². The van der Waals surface area contributed by atoms with Gasteiger partial charge in [-0.05, 0) is 71.3 Å². The van der Waals surface area contributed by atoms with E-state index in [0.29, 0.717) is 0 Å². The zero-order chi connectivity index (χ0) is 37.5. The lowest BCUT2D eigenvalue weighted by molar-refractivity contribution is 1.11. The van der Waals surface area contributed by atoms with E-state index in [2.05, 4.69) is 226 Å². The summed E-state index contributed by atoms with van der Waals surface area (Å²) in [7, 11) is 0. The van der Waals surface area contributed by atoms with Gasteiger partial charge in [-0.3, -0.25) is 0 Å². The Hall–Kier alpha value is -7.62. The van der Waals surface area contributed by atoms with Gasteiger partial charge in [0, 0.05) is 43.6 Å². The van der Waals surface area contributed by atoms with Crippen LogP contribution >= 0.6 is 0 Å². The number of benzene rings is 9. The van der Waals surface area contributed by atoms with Crippen LogP contribution in [0.4, 0.5) is 0 Å². The van der Waals surface area contributed by atoms with Crippen molar-refractivity contribution >= 4 is 65.4 Å². The lowest BCUT2D eigenvalue weighted by atomic mass is 10.0. The molecular formula is C54H35N3. The van der Waals surface area contributed by atoms with E-state index < -0.39 is 0 Å². The second kappa shape index (κ2) is 12.5. The fourth-order valence-electron chi connectivity index (χ4n) is 9.39. The summed E-state index contributed by atoms with van der Waals surface area (Å²) >= 11 is 0. The van der Waals surface area contributed by atoms with Gasteiger partial charge in [0.15, 0.2) is 0 Å². The summed E-state index contributed by atoms with van der Waals surface area (Å²) in [5, 5.41) is 7.37. The highest BCUT2D eigenvalue weighted by Gasteiger charge is 2.24. The molecule has 0 aliphatic carbocycles. The molecule has 0 unspecified atom stereocenters. The highest BCUT2D eigenvalue weighted by atomic mass is 15.1. The van der Waals surface area contributed by atoms with E-state index in [-0.39, 0.29) is 0 Å². The van der Waals surface area contributed by atoms with E-state index in [1.807, 2.05) is 0 Å². The molecule has 12 rings (SSSR count). The summed E-state index contributed by atoms with van der Waals surface area (Å²) < 4.78 is 7.49. The summed E-state index contributed by atoms with van der Waals surface area (Å²) in [5.74, 6) is 0. The van der Waals surface area contributed by atoms with Gasteiger partial charge in [0.2, 0.25) is 0 Å². The predicted molar refractivity (Wildman–Crippen MR) is 240 cm³/mol. The maximum atomic E-state index is 2.52. The first kappa shape index (κ1) is 31.7. The van der Waals surface area contributed by atoms with Crippen LogP contribution in [0, 0.1) is 0 Å². The number of para-hydroxylation sites is 5. The molecule has 0 amide bonds. The molecule has 3 nitrogen and oxygen atoms in total. The van der Waals surface area contributed by atoms with Crippen molar-refractivity contribution in [2.75, 3.05) is 0 Å². The zero-order valence-corrected chi connectivity index (χ0v) is 31.0. The first-order valence-electron chi connectivity index (χ1n) is 19.6. The Labute approximate surface area is 329 Å². The smallest absolute Gasteiger partial charge is 0.0784 e. The molecule has 0 fully saturated rings. The molecule has 3 heterocycles. The number of aromatic nitrogens is 3. The molecular weight excluding hydrogens is 691 g/mol. The monoisotopic (exact) mass is 725 g/mol. The second-order valence-corrected chi connectivity index (χ2v) is 14.9. The minimum atomic E-state index is 1.12. The van der Waals surface area contributed by atoms with Crippen LogP contribution in [-0.4, -0.2) is 13.7 Å². The van der Waals surface area contributed by atoms with E-state index in [9.17, 15) is 0 Å². The van der Waals surface area contributed by atoms with Crippen LogP contribution < -0.4 is 0 Å². The van der Waals surface area contributed by atoms with E-state index in [0.717, 1.165) is 28.1 Å². The van der Waals surface area contributed by atoms with Crippen molar-refractivity contribution in [1.29, 1.82) is 0 Å². The van der Waals surface area contributed by atoms with Gasteiger partial charge in [-0.1, -0.05) is 158 Å². The molecule has 0 N–H and O–H groups in total. The third kappa shape index (κ3) is 4.73. The average Bonchev–Trinajstić information content (AvgIpc) is 3.92. The molecule has 9 aromatic carbocycles. The van der Waals surface area contributed by atoms with Crippen molar-refractivity contribution < 1.29 is 0 Å². The fourth-order valence-corrected chi connectivity index (χ4v) is 9.39. The molecule has 0 spiro atoms. The SMILES string of the molecule is c1ccc(-c2ccc3c(c2)c2cc(-n4c5ccccc5c5ccccc54)cc(-n4c5ccccc5c5ccccc54)c2n3-c2ccccc2-c2ccccc2)cc1. The standard InChI is InChI=1S/C54H35N3/c1-3-17-36(18-4-1)38-31-32-52-45(33-38)46-34-39(55-48-27-13-8-22-41(48)42-23-9-14-28-49(42)55)35-53(56-50-29-15-10-24-43(50)44-25-11-16-30-51(44)56)54(46)57(52)47-26-12-7-21-40(47)37-19-5-2-6-20-37/h1-35H. The number of rotatable bonds is 5. The molecule has 0 atom stereocenters. The van der Waals surface area contributed by atoms with E-state index in [1.54, 1.807) is 0 Å². The minimum absolute atomic E-state index is 1.12. The highest BCUT2D eigenvalue weighted by Crippen LogP contribution is 2.44. The highest BCUT2D eigenvalue weighted by molar-refractivity contribution is 6.17. The van der Waals surface area contributed by atoms with Crippen molar-refractivity contribution in [1.82, 2.24) is 13.7 Å². The molecule has 3 heteroatoms. The van der Waals surface area contributed by atoms with Crippen LogP contribution in [0.5, 0.6) is 0 Å². The second-order valence-electron chi connectivity index (χ2n) is 14.9. The molecule has 0 radical (unpaired) electrons. The molecule has 0 saturated carbocycles. The third-order valence-electron chi connectivity index (χ3n) is 11.8. The quantitative estimate of drug-likeness (QED) is 0.168. The first-order chi connectivity index (χ1) is 28.3. The molecule has 0 aliphatic heterocycles. The van der Waals surface area contributed by atoms with Crippen LogP contribution in [0.25, 0.3) is 105 Å². The summed E-state index contributed by atoms with van der Waals surface area (Å²) in [5.41, 5.74) is 15.2. The van der Waals surface area contributed by atoms with Gasteiger partial charge in [-0.25, -0.2) is 0 Å². The maximum absolute atomic E-state index is 2.52. The van der Waals surface area contributed by atoms with Crippen LogP contribution in [-0.2, 0) is 0 Å². The average molecular weight is 726 g/mol. The Balaban J connectivity index is 1.31. The summed E-state index contributed by atoms with van der Waals surface area (Å²) in [6.45, 7) is 0. The largest absolute Gasteiger partial charge is 0.309 e. The first-order valence-corrected chi connectivity index (χ1v) is 19.6. The van der Waals surface area contributed by atoms with Gasteiger partial charge in [-0.15, -0.1) is 0 Å². The van der Waals surface area contributed by atoms with Gasteiger partial charge >= 0.3 is 0 Å². The van der Waals surface area contributed by atoms with Crippen LogP contribution in [0.1, 0.15) is 0 Å². The number of fused-ring (bicyclic) bond motifs is 9. The maximum Gasteiger partial charge on any atom is 0.0784 e. The van der Waals surface area contributed by atoms with Gasteiger partial charge in [0.05, 0.1) is 44.5 Å². The Kier molecular flexibility index (Phi) is 6.93. The molecule has 266 valence electrons. The number of hydrogen-bond donors (Lipinski definition) is 0. The Morgan fingerprint density at radius 3 is 1.32 bits per heavy atom. The molecule has 0 bridgehead atoms. The van der Waals surface area contributed by atoms with Gasteiger partial charge < -0.3 is 13.7 Å². The van der Waals surface area contributed by atoms with Gasteiger partial charge in [-0.2, -0.15) is 0 Å². The topological polar surface area (TPSA) is 14.8 Å². The van der Waals surface area contributed by atoms with E-state index in [1.165, 1.54) is 76.6 Å².